The molecule has 154 valence electrons. The summed E-state index contributed by atoms with van der Waals surface area (Å²) in [4.78, 5) is 6.91. The van der Waals surface area contributed by atoms with Gasteiger partial charge >= 0.3 is 0 Å². The lowest BCUT2D eigenvalue weighted by molar-refractivity contribution is -0.127. The molecule has 0 bridgehead atoms. The highest BCUT2D eigenvalue weighted by Gasteiger charge is 2.49. The van der Waals surface area contributed by atoms with E-state index in [1.54, 1.807) is 6.20 Å². The van der Waals surface area contributed by atoms with Crippen LogP contribution in [0.15, 0.2) is 48.8 Å². The zero-order valence-corrected chi connectivity index (χ0v) is 17.3. The number of imidazole rings is 1. The smallest absolute Gasteiger partial charge is 0.161 e. The molecule has 2 saturated heterocycles. The van der Waals surface area contributed by atoms with E-state index in [-0.39, 0.29) is 0 Å². The van der Waals surface area contributed by atoms with Crippen LogP contribution in [-0.2, 0) is 11.3 Å². The van der Waals surface area contributed by atoms with E-state index in [1.807, 2.05) is 35.8 Å². The maximum absolute atomic E-state index is 9.33. The molecule has 0 atom stereocenters. The van der Waals surface area contributed by atoms with E-state index in [9.17, 15) is 5.26 Å². The Morgan fingerprint density at radius 3 is 2.84 bits per heavy atom. The van der Waals surface area contributed by atoms with Crippen molar-refractivity contribution in [3.8, 4) is 6.07 Å². The SMILES string of the molecule is Cc1c(C#N)cccc1CNc1nn2ccnc2c2ccc(N3CC4(COC4)C3)cc12. The lowest BCUT2D eigenvalue weighted by atomic mass is 9.77. The van der Waals surface area contributed by atoms with Crippen LogP contribution in [0.2, 0.25) is 0 Å². The molecule has 2 aliphatic rings. The first kappa shape index (κ1) is 18.2. The van der Waals surface area contributed by atoms with Crippen molar-refractivity contribution in [2.24, 2.45) is 5.41 Å². The molecule has 2 aliphatic heterocycles. The van der Waals surface area contributed by atoms with E-state index in [0.717, 1.165) is 59.7 Å². The van der Waals surface area contributed by atoms with E-state index < -0.39 is 0 Å². The van der Waals surface area contributed by atoms with Gasteiger partial charge in [0.1, 0.15) is 0 Å². The summed E-state index contributed by atoms with van der Waals surface area (Å²) in [5.74, 6) is 0.811. The fourth-order valence-electron chi connectivity index (χ4n) is 4.68. The first-order valence-electron chi connectivity index (χ1n) is 10.5. The summed E-state index contributed by atoms with van der Waals surface area (Å²) in [5.41, 5.74) is 5.21. The van der Waals surface area contributed by atoms with Gasteiger partial charge in [0.25, 0.3) is 0 Å². The predicted molar refractivity (Wildman–Crippen MR) is 119 cm³/mol. The minimum atomic E-state index is 0.366. The van der Waals surface area contributed by atoms with Crippen LogP contribution in [-0.4, -0.2) is 40.9 Å². The number of nitrogens with zero attached hydrogens (tertiary/aromatic N) is 5. The number of hydrogen-bond acceptors (Lipinski definition) is 6. The average molecular weight is 410 g/mol. The third-order valence-corrected chi connectivity index (χ3v) is 6.58. The molecular weight excluding hydrogens is 388 g/mol. The van der Waals surface area contributed by atoms with Crippen molar-refractivity contribution in [1.82, 2.24) is 14.6 Å². The average Bonchev–Trinajstić information content (AvgIpc) is 3.19. The molecule has 2 fully saturated rings. The Morgan fingerprint density at radius 2 is 2.06 bits per heavy atom. The topological polar surface area (TPSA) is 78.5 Å². The predicted octanol–water partition coefficient (Wildman–Crippen LogP) is 3.51. The first-order valence-corrected chi connectivity index (χ1v) is 10.5. The van der Waals surface area contributed by atoms with Gasteiger partial charge in [0.15, 0.2) is 11.5 Å². The molecule has 0 unspecified atom stereocenters. The Kier molecular flexibility index (Phi) is 3.92. The van der Waals surface area contributed by atoms with E-state index in [1.165, 1.54) is 5.69 Å². The van der Waals surface area contributed by atoms with E-state index in [0.29, 0.717) is 17.5 Å². The Labute approximate surface area is 179 Å². The lowest BCUT2D eigenvalue weighted by Gasteiger charge is -2.56. The molecule has 7 nitrogen and oxygen atoms in total. The lowest BCUT2D eigenvalue weighted by Crippen LogP contribution is -2.66. The van der Waals surface area contributed by atoms with Crippen molar-refractivity contribution in [2.75, 3.05) is 36.5 Å². The number of aromatic nitrogens is 3. The van der Waals surface area contributed by atoms with Crippen molar-refractivity contribution < 1.29 is 4.74 Å². The second-order valence-electron chi connectivity index (χ2n) is 8.68. The zero-order chi connectivity index (χ0) is 21.0. The molecule has 4 aromatic rings. The number of nitriles is 1. The molecule has 0 radical (unpaired) electrons. The fourth-order valence-corrected chi connectivity index (χ4v) is 4.68. The van der Waals surface area contributed by atoms with Crippen molar-refractivity contribution in [1.29, 1.82) is 5.26 Å². The number of ether oxygens (including phenoxy) is 1. The molecule has 2 aromatic heterocycles. The fraction of sp³-hybridized carbons (Fsp3) is 0.292. The largest absolute Gasteiger partial charge is 0.380 e. The summed E-state index contributed by atoms with van der Waals surface area (Å²) in [7, 11) is 0. The van der Waals surface area contributed by atoms with Gasteiger partial charge in [-0.2, -0.15) is 5.26 Å². The van der Waals surface area contributed by atoms with Gasteiger partial charge in [-0.05, 0) is 42.3 Å². The minimum Gasteiger partial charge on any atom is -0.380 e. The monoisotopic (exact) mass is 410 g/mol. The second-order valence-corrected chi connectivity index (χ2v) is 8.68. The maximum Gasteiger partial charge on any atom is 0.161 e. The van der Waals surface area contributed by atoms with Gasteiger partial charge in [-0.3, -0.25) is 0 Å². The molecule has 4 heterocycles. The van der Waals surface area contributed by atoms with Crippen LogP contribution in [0.5, 0.6) is 0 Å². The molecule has 0 saturated carbocycles. The molecule has 7 heteroatoms. The molecule has 2 aromatic carbocycles. The van der Waals surface area contributed by atoms with Crippen molar-refractivity contribution in [3.05, 3.63) is 65.5 Å². The molecule has 31 heavy (non-hydrogen) atoms. The van der Waals surface area contributed by atoms with Crippen LogP contribution >= 0.6 is 0 Å². The highest BCUT2D eigenvalue weighted by atomic mass is 16.5. The van der Waals surface area contributed by atoms with Crippen LogP contribution in [0, 0.1) is 23.7 Å². The zero-order valence-electron chi connectivity index (χ0n) is 17.3. The van der Waals surface area contributed by atoms with Gasteiger partial charge in [-0.15, -0.1) is 5.10 Å². The second kappa shape index (κ2) is 6.69. The Bertz CT molecular complexity index is 1360. The summed E-state index contributed by atoms with van der Waals surface area (Å²) in [6, 6.07) is 14.6. The number of hydrogen-bond donors (Lipinski definition) is 1. The van der Waals surface area contributed by atoms with Gasteiger partial charge in [0, 0.05) is 48.5 Å². The Balaban J connectivity index is 1.37. The molecular formula is C24H22N6O. The molecule has 6 rings (SSSR count). The highest BCUT2D eigenvalue weighted by Crippen LogP contribution is 2.41. The summed E-state index contributed by atoms with van der Waals surface area (Å²) in [6.07, 6.45) is 3.64. The van der Waals surface area contributed by atoms with Gasteiger partial charge in [0.2, 0.25) is 0 Å². The summed E-state index contributed by atoms with van der Waals surface area (Å²) < 4.78 is 7.23. The molecule has 1 N–H and O–H groups in total. The number of nitrogens with one attached hydrogen (secondary N) is 1. The third kappa shape index (κ3) is 2.83. The van der Waals surface area contributed by atoms with Crippen LogP contribution in [0.1, 0.15) is 16.7 Å². The van der Waals surface area contributed by atoms with Gasteiger partial charge in [-0.1, -0.05) is 12.1 Å². The minimum absolute atomic E-state index is 0.366. The van der Waals surface area contributed by atoms with Crippen LogP contribution < -0.4 is 10.2 Å². The van der Waals surface area contributed by atoms with E-state index >= 15 is 0 Å². The summed E-state index contributed by atoms with van der Waals surface area (Å²) in [6.45, 7) is 6.42. The van der Waals surface area contributed by atoms with Crippen molar-refractivity contribution >= 4 is 27.9 Å². The van der Waals surface area contributed by atoms with E-state index in [4.69, 9.17) is 9.84 Å². The highest BCUT2D eigenvalue weighted by molar-refractivity contribution is 6.01. The quantitative estimate of drug-likeness (QED) is 0.555. The van der Waals surface area contributed by atoms with Crippen LogP contribution in [0.4, 0.5) is 11.5 Å². The Morgan fingerprint density at radius 1 is 1.19 bits per heavy atom. The van der Waals surface area contributed by atoms with Crippen LogP contribution in [0.3, 0.4) is 0 Å². The molecule has 0 amide bonds. The standard InChI is InChI=1S/C24H22N6O/c1-16-17(10-25)3-2-4-18(16)11-27-22-21-9-19(29-12-24(13-29)14-31-15-24)5-6-20(21)23-26-7-8-30(23)28-22/h2-9H,11-15H2,1H3,(H,27,28). The van der Waals surface area contributed by atoms with Gasteiger partial charge in [0.05, 0.1) is 30.3 Å². The normalized spacial score (nSPS) is 16.8. The summed E-state index contributed by atoms with van der Waals surface area (Å²) in [5, 5.41) is 19.7. The van der Waals surface area contributed by atoms with Gasteiger partial charge in [-0.25, -0.2) is 9.50 Å². The number of anilines is 2. The Hall–Kier alpha value is -3.63. The van der Waals surface area contributed by atoms with Crippen LogP contribution in [0.25, 0.3) is 16.4 Å². The first-order chi connectivity index (χ1) is 15.2. The maximum atomic E-state index is 9.33. The number of rotatable bonds is 4. The summed E-state index contributed by atoms with van der Waals surface area (Å²) >= 11 is 0. The van der Waals surface area contributed by atoms with Crippen molar-refractivity contribution in [2.45, 2.75) is 13.5 Å². The van der Waals surface area contributed by atoms with Gasteiger partial charge < -0.3 is 15.0 Å². The van der Waals surface area contributed by atoms with Crippen molar-refractivity contribution in [3.63, 3.8) is 0 Å². The molecule has 1 spiro atoms. The van der Waals surface area contributed by atoms with E-state index in [2.05, 4.69) is 39.5 Å². The number of fused-ring (bicyclic) bond motifs is 3. The third-order valence-electron chi connectivity index (χ3n) is 6.58. The number of benzene rings is 2. The molecule has 0 aliphatic carbocycles.